The van der Waals surface area contributed by atoms with Crippen molar-refractivity contribution in [2.24, 2.45) is 0 Å². The first-order valence-corrected chi connectivity index (χ1v) is 5.67. The van der Waals surface area contributed by atoms with E-state index in [1.54, 1.807) is 19.1 Å². The third-order valence-electron chi connectivity index (χ3n) is 2.14. The minimum absolute atomic E-state index is 0.0887. The first-order chi connectivity index (χ1) is 8.54. The average molecular weight is 274 g/mol. The Labute approximate surface area is 110 Å². The quantitative estimate of drug-likeness (QED) is 0.556. The van der Waals surface area contributed by atoms with Crippen LogP contribution in [0.25, 0.3) is 0 Å². The molecule has 0 spiro atoms. The largest absolute Gasteiger partial charge is 0.394 e. The highest BCUT2D eigenvalue weighted by atomic mass is 35.5. The number of nitrogens with two attached hydrogens (primary N) is 1. The monoisotopic (exact) mass is 273 g/mol. The molecule has 8 heteroatoms. The zero-order chi connectivity index (χ0) is 13.5. The molecule has 1 rings (SSSR count). The molecule has 1 aromatic rings. The van der Waals surface area contributed by atoms with Crippen molar-refractivity contribution in [1.82, 2.24) is 15.3 Å². The van der Waals surface area contributed by atoms with Gasteiger partial charge in [-0.15, -0.1) is 0 Å². The SMILES string of the molecule is COCCNC(=O)CN(C)c1nc(Cl)ncc1N. The number of carbonyl (C=O) groups is 1. The fourth-order valence-electron chi connectivity index (χ4n) is 1.31. The zero-order valence-corrected chi connectivity index (χ0v) is 11.1. The van der Waals surface area contributed by atoms with Gasteiger partial charge in [0, 0.05) is 20.7 Å². The van der Waals surface area contributed by atoms with Crippen LogP contribution in [0.5, 0.6) is 0 Å². The predicted molar refractivity (Wildman–Crippen MR) is 69.6 cm³/mol. The fourth-order valence-corrected chi connectivity index (χ4v) is 1.43. The summed E-state index contributed by atoms with van der Waals surface area (Å²) in [7, 11) is 3.27. The van der Waals surface area contributed by atoms with Crippen LogP contribution in [0.1, 0.15) is 0 Å². The molecule has 0 aliphatic rings. The van der Waals surface area contributed by atoms with Gasteiger partial charge < -0.3 is 20.7 Å². The van der Waals surface area contributed by atoms with Gasteiger partial charge in [0.2, 0.25) is 11.2 Å². The number of aromatic nitrogens is 2. The van der Waals surface area contributed by atoms with Crippen molar-refractivity contribution in [3.05, 3.63) is 11.5 Å². The molecule has 1 aromatic heterocycles. The third-order valence-corrected chi connectivity index (χ3v) is 2.32. The van der Waals surface area contributed by atoms with E-state index in [1.807, 2.05) is 0 Å². The van der Waals surface area contributed by atoms with E-state index in [1.165, 1.54) is 6.20 Å². The lowest BCUT2D eigenvalue weighted by Crippen LogP contribution is -2.37. The lowest BCUT2D eigenvalue weighted by Gasteiger charge is -2.18. The maximum absolute atomic E-state index is 11.6. The number of nitrogen functional groups attached to an aromatic ring is 1. The van der Waals surface area contributed by atoms with E-state index >= 15 is 0 Å². The summed E-state index contributed by atoms with van der Waals surface area (Å²) in [5.74, 6) is 0.278. The lowest BCUT2D eigenvalue weighted by molar-refractivity contribution is -0.119. The van der Waals surface area contributed by atoms with Gasteiger partial charge in [-0.1, -0.05) is 0 Å². The molecular weight excluding hydrogens is 258 g/mol. The van der Waals surface area contributed by atoms with Crippen LogP contribution < -0.4 is 16.0 Å². The van der Waals surface area contributed by atoms with Gasteiger partial charge in [0.15, 0.2) is 5.82 Å². The van der Waals surface area contributed by atoms with Crippen molar-refractivity contribution in [3.8, 4) is 0 Å². The van der Waals surface area contributed by atoms with Crippen LogP contribution in [0.4, 0.5) is 11.5 Å². The van der Waals surface area contributed by atoms with Crippen molar-refractivity contribution in [2.45, 2.75) is 0 Å². The number of rotatable bonds is 6. The number of hydrogen-bond acceptors (Lipinski definition) is 6. The number of carbonyl (C=O) groups excluding carboxylic acids is 1. The number of amides is 1. The molecule has 0 fully saturated rings. The number of hydrogen-bond donors (Lipinski definition) is 2. The van der Waals surface area contributed by atoms with Crippen molar-refractivity contribution in [3.63, 3.8) is 0 Å². The van der Waals surface area contributed by atoms with Crippen molar-refractivity contribution < 1.29 is 9.53 Å². The van der Waals surface area contributed by atoms with E-state index in [9.17, 15) is 4.79 Å². The molecule has 100 valence electrons. The molecule has 0 unspecified atom stereocenters. The summed E-state index contributed by atoms with van der Waals surface area (Å²) in [4.78, 5) is 20.9. The molecule has 0 saturated heterocycles. The first-order valence-electron chi connectivity index (χ1n) is 5.29. The van der Waals surface area contributed by atoms with E-state index in [2.05, 4.69) is 15.3 Å². The Morgan fingerprint density at radius 2 is 2.39 bits per heavy atom. The molecule has 7 nitrogen and oxygen atoms in total. The Morgan fingerprint density at radius 3 is 3.06 bits per heavy atom. The first kappa shape index (κ1) is 14.5. The average Bonchev–Trinajstić information content (AvgIpc) is 2.32. The fraction of sp³-hybridized carbons (Fsp3) is 0.500. The molecule has 0 aromatic carbocycles. The summed E-state index contributed by atoms with van der Waals surface area (Å²) in [6.45, 7) is 1.06. The Balaban J connectivity index is 2.56. The number of halogens is 1. The zero-order valence-electron chi connectivity index (χ0n) is 10.3. The summed E-state index contributed by atoms with van der Waals surface area (Å²) in [6.07, 6.45) is 1.41. The summed E-state index contributed by atoms with van der Waals surface area (Å²) >= 11 is 5.68. The molecule has 0 saturated carbocycles. The summed E-state index contributed by atoms with van der Waals surface area (Å²) in [6, 6.07) is 0. The van der Waals surface area contributed by atoms with E-state index in [-0.39, 0.29) is 17.7 Å². The highest BCUT2D eigenvalue weighted by molar-refractivity contribution is 6.28. The van der Waals surface area contributed by atoms with Crippen molar-refractivity contribution in [1.29, 1.82) is 0 Å². The molecule has 18 heavy (non-hydrogen) atoms. The predicted octanol–water partition coefficient (Wildman–Crippen LogP) is -0.0890. The molecule has 0 bridgehead atoms. The number of anilines is 2. The molecule has 1 heterocycles. The third kappa shape index (κ3) is 4.34. The van der Waals surface area contributed by atoms with Crippen LogP contribution in [-0.2, 0) is 9.53 Å². The second-order valence-corrected chi connectivity index (χ2v) is 3.95. The summed E-state index contributed by atoms with van der Waals surface area (Å²) in [5, 5.41) is 2.78. The number of nitrogens with zero attached hydrogens (tertiary/aromatic N) is 3. The topological polar surface area (TPSA) is 93.4 Å². The summed E-state index contributed by atoms with van der Waals surface area (Å²) in [5.41, 5.74) is 6.08. The molecular formula is C10H16ClN5O2. The molecule has 0 aliphatic heterocycles. The van der Waals surface area contributed by atoms with Crippen molar-refractivity contribution in [2.75, 3.05) is 44.5 Å². The minimum atomic E-state index is -0.149. The van der Waals surface area contributed by atoms with Gasteiger partial charge in [0.1, 0.15) is 0 Å². The molecule has 3 N–H and O–H groups in total. The van der Waals surface area contributed by atoms with E-state index in [4.69, 9.17) is 22.1 Å². The second kappa shape index (κ2) is 6.97. The Bertz CT molecular complexity index is 415. The maximum atomic E-state index is 11.6. The van der Waals surface area contributed by atoms with Gasteiger partial charge in [-0.05, 0) is 11.6 Å². The van der Waals surface area contributed by atoms with Crippen LogP contribution in [0.2, 0.25) is 5.28 Å². The highest BCUT2D eigenvalue weighted by Gasteiger charge is 2.12. The molecule has 0 atom stereocenters. The van der Waals surface area contributed by atoms with Gasteiger partial charge in [-0.25, -0.2) is 4.98 Å². The van der Waals surface area contributed by atoms with Crippen LogP contribution in [0, 0.1) is 0 Å². The van der Waals surface area contributed by atoms with Crippen LogP contribution in [0.15, 0.2) is 6.20 Å². The van der Waals surface area contributed by atoms with Crippen LogP contribution in [0.3, 0.4) is 0 Å². The molecule has 0 aliphatic carbocycles. The van der Waals surface area contributed by atoms with Gasteiger partial charge in [-0.2, -0.15) is 4.98 Å². The van der Waals surface area contributed by atoms with E-state index < -0.39 is 0 Å². The summed E-state index contributed by atoms with van der Waals surface area (Å²) < 4.78 is 4.83. The van der Waals surface area contributed by atoms with Gasteiger partial charge in [-0.3, -0.25) is 4.79 Å². The van der Waals surface area contributed by atoms with Crippen LogP contribution >= 0.6 is 11.6 Å². The lowest BCUT2D eigenvalue weighted by atomic mass is 10.4. The maximum Gasteiger partial charge on any atom is 0.239 e. The van der Waals surface area contributed by atoms with Gasteiger partial charge in [0.05, 0.1) is 25.0 Å². The smallest absolute Gasteiger partial charge is 0.239 e. The Morgan fingerprint density at radius 1 is 1.67 bits per heavy atom. The second-order valence-electron chi connectivity index (χ2n) is 3.62. The number of nitrogens with one attached hydrogen (secondary N) is 1. The Kier molecular flexibility index (Phi) is 5.60. The Hall–Kier alpha value is -1.60. The number of likely N-dealkylation sites (N-methyl/N-ethyl adjacent to an activating group) is 1. The van der Waals surface area contributed by atoms with Crippen LogP contribution in [-0.4, -0.2) is 49.7 Å². The number of ether oxygens (including phenoxy) is 1. The van der Waals surface area contributed by atoms with Crippen molar-refractivity contribution >= 4 is 29.0 Å². The molecule has 1 amide bonds. The standard InChI is InChI=1S/C10H16ClN5O2/c1-16(6-8(17)13-3-4-18-2)9-7(12)5-14-10(11)15-9/h5H,3-4,6,12H2,1-2H3,(H,13,17). The molecule has 0 radical (unpaired) electrons. The van der Waals surface area contributed by atoms with Gasteiger partial charge >= 0.3 is 0 Å². The van der Waals surface area contributed by atoms with Gasteiger partial charge in [0.25, 0.3) is 0 Å². The normalized spacial score (nSPS) is 10.2. The van der Waals surface area contributed by atoms with E-state index in [0.29, 0.717) is 24.7 Å². The minimum Gasteiger partial charge on any atom is -0.394 e. The number of methoxy groups -OCH3 is 1. The highest BCUT2D eigenvalue weighted by Crippen LogP contribution is 2.19. The van der Waals surface area contributed by atoms with E-state index in [0.717, 1.165) is 0 Å².